The Labute approximate surface area is 161 Å². The van der Waals surface area contributed by atoms with Gasteiger partial charge in [-0.3, -0.25) is 4.79 Å². The van der Waals surface area contributed by atoms with Crippen molar-refractivity contribution in [1.82, 2.24) is 9.62 Å². The summed E-state index contributed by atoms with van der Waals surface area (Å²) in [6.07, 6.45) is 1.72. The van der Waals surface area contributed by atoms with E-state index >= 15 is 0 Å². The molecule has 0 bridgehead atoms. The van der Waals surface area contributed by atoms with Gasteiger partial charge in [0.05, 0.1) is 6.61 Å². The van der Waals surface area contributed by atoms with Crippen molar-refractivity contribution >= 4 is 34.0 Å². The van der Waals surface area contributed by atoms with E-state index in [1.165, 1.54) is 10.4 Å². The molecule has 1 aromatic carbocycles. The van der Waals surface area contributed by atoms with Crippen molar-refractivity contribution < 1.29 is 17.9 Å². The molecule has 1 aliphatic heterocycles. The molecule has 1 amide bonds. The number of anilines is 1. The van der Waals surface area contributed by atoms with Gasteiger partial charge in [-0.15, -0.1) is 12.4 Å². The molecule has 1 atom stereocenters. The van der Waals surface area contributed by atoms with Crippen LogP contribution >= 0.6 is 12.4 Å². The predicted octanol–water partition coefficient (Wildman–Crippen LogP) is 2.09. The highest BCUT2D eigenvalue weighted by atomic mass is 35.5. The number of amides is 1. The Hall–Kier alpha value is -1.35. The highest BCUT2D eigenvalue weighted by molar-refractivity contribution is 7.89. The molecule has 26 heavy (non-hydrogen) atoms. The molecular weight excluding hydrogens is 378 g/mol. The number of hydrogen-bond donors (Lipinski definition) is 2. The third-order valence-electron chi connectivity index (χ3n) is 4.15. The van der Waals surface area contributed by atoms with E-state index in [4.69, 9.17) is 4.74 Å². The molecule has 2 N–H and O–H groups in total. The number of rotatable bonds is 8. The van der Waals surface area contributed by atoms with Gasteiger partial charge in [0, 0.05) is 31.2 Å². The molecule has 1 aromatic rings. The van der Waals surface area contributed by atoms with Crippen LogP contribution in [0.3, 0.4) is 0 Å². The zero-order valence-electron chi connectivity index (χ0n) is 15.4. The minimum absolute atomic E-state index is 0. The van der Waals surface area contributed by atoms with Crippen molar-refractivity contribution in [1.29, 1.82) is 0 Å². The topological polar surface area (TPSA) is 87.7 Å². The van der Waals surface area contributed by atoms with Gasteiger partial charge in [0.25, 0.3) is 0 Å². The molecule has 0 saturated carbocycles. The van der Waals surface area contributed by atoms with Gasteiger partial charge in [-0.25, -0.2) is 8.42 Å². The van der Waals surface area contributed by atoms with Gasteiger partial charge >= 0.3 is 0 Å². The number of carbonyl (C=O) groups is 1. The second-order valence-corrected chi connectivity index (χ2v) is 8.06. The zero-order valence-corrected chi connectivity index (χ0v) is 17.1. The first kappa shape index (κ1) is 22.7. The average molecular weight is 406 g/mol. The van der Waals surface area contributed by atoms with Crippen LogP contribution in [-0.4, -0.2) is 51.9 Å². The van der Waals surface area contributed by atoms with Gasteiger partial charge in [0.2, 0.25) is 15.9 Å². The second kappa shape index (κ2) is 10.1. The Kier molecular flexibility index (Phi) is 8.82. The fourth-order valence-corrected chi connectivity index (χ4v) is 4.47. The lowest BCUT2D eigenvalue weighted by atomic mass is 10.1. The van der Waals surface area contributed by atoms with E-state index < -0.39 is 10.0 Å². The number of hydrogen-bond acceptors (Lipinski definition) is 5. The Morgan fingerprint density at radius 2 is 1.96 bits per heavy atom. The van der Waals surface area contributed by atoms with Crippen LogP contribution < -0.4 is 15.4 Å². The first-order valence-corrected chi connectivity index (χ1v) is 10.1. The van der Waals surface area contributed by atoms with Crippen LogP contribution in [0.4, 0.5) is 5.69 Å². The number of benzene rings is 1. The van der Waals surface area contributed by atoms with Gasteiger partial charge in [0.15, 0.2) is 0 Å². The molecule has 1 saturated heterocycles. The minimum atomic E-state index is -3.64. The second-order valence-electron chi connectivity index (χ2n) is 6.15. The number of nitrogens with zero attached hydrogens (tertiary/aromatic N) is 1. The zero-order chi connectivity index (χ0) is 18.4. The maximum absolute atomic E-state index is 12.9. The first-order valence-electron chi connectivity index (χ1n) is 8.62. The number of sulfonamides is 1. The summed E-state index contributed by atoms with van der Waals surface area (Å²) >= 11 is 0. The molecule has 0 aliphatic carbocycles. The lowest BCUT2D eigenvalue weighted by molar-refractivity contribution is -0.119. The quantitative estimate of drug-likeness (QED) is 0.691. The number of nitrogens with one attached hydrogen (secondary N) is 2. The molecule has 1 unspecified atom stereocenters. The summed E-state index contributed by atoms with van der Waals surface area (Å²) < 4.78 is 32.8. The summed E-state index contributed by atoms with van der Waals surface area (Å²) in [5.74, 6) is -0.0751. The lowest BCUT2D eigenvalue weighted by Gasteiger charge is -2.19. The summed E-state index contributed by atoms with van der Waals surface area (Å²) in [6.45, 7) is 5.56. The Morgan fingerprint density at radius 3 is 2.54 bits per heavy atom. The van der Waals surface area contributed by atoms with E-state index in [0.29, 0.717) is 37.7 Å². The molecule has 148 valence electrons. The largest absolute Gasteiger partial charge is 0.492 e. The van der Waals surface area contributed by atoms with Crippen molar-refractivity contribution in [2.24, 2.45) is 5.92 Å². The van der Waals surface area contributed by atoms with Gasteiger partial charge in [-0.2, -0.15) is 4.31 Å². The molecule has 0 radical (unpaired) electrons. The van der Waals surface area contributed by atoms with Crippen molar-refractivity contribution in [3.05, 3.63) is 18.2 Å². The monoisotopic (exact) mass is 405 g/mol. The molecule has 7 nitrogen and oxygen atoms in total. The Balaban J connectivity index is 0.00000338. The van der Waals surface area contributed by atoms with Crippen LogP contribution in [-0.2, 0) is 14.8 Å². The average Bonchev–Trinajstić information content (AvgIpc) is 3.12. The van der Waals surface area contributed by atoms with E-state index in [1.54, 1.807) is 26.1 Å². The molecular formula is C17H28ClN3O4S. The smallest absolute Gasteiger partial charge is 0.246 e. The summed E-state index contributed by atoms with van der Waals surface area (Å²) in [6, 6.07) is 4.76. The van der Waals surface area contributed by atoms with Crippen LogP contribution in [0, 0.1) is 5.92 Å². The summed E-state index contributed by atoms with van der Waals surface area (Å²) in [7, 11) is -1.86. The highest BCUT2D eigenvalue weighted by Gasteiger charge is 2.30. The van der Waals surface area contributed by atoms with E-state index in [9.17, 15) is 13.2 Å². The number of carbonyl (C=O) groups excluding carboxylic acids is 1. The predicted molar refractivity (Wildman–Crippen MR) is 105 cm³/mol. The van der Waals surface area contributed by atoms with Gasteiger partial charge in [-0.1, -0.05) is 6.92 Å². The van der Waals surface area contributed by atoms with E-state index in [2.05, 4.69) is 10.6 Å². The van der Waals surface area contributed by atoms with Crippen LogP contribution in [0.25, 0.3) is 0 Å². The number of ether oxygens (including phenoxy) is 1. The van der Waals surface area contributed by atoms with E-state index in [-0.39, 0.29) is 29.1 Å². The van der Waals surface area contributed by atoms with Crippen LogP contribution in [0.2, 0.25) is 0 Å². The van der Waals surface area contributed by atoms with E-state index in [0.717, 1.165) is 12.8 Å². The molecule has 0 spiro atoms. The normalized spacial score (nSPS) is 16.0. The maximum Gasteiger partial charge on any atom is 0.246 e. The van der Waals surface area contributed by atoms with Gasteiger partial charge < -0.3 is 15.4 Å². The Morgan fingerprint density at radius 1 is 1.31 bits per heavy atom. The first-order chi connectivity index (χ1) is 11.9. The molecule has 2 rings (SSSR count). The maximum atomic E-state index is 12.9. The molecule has 1 fully saturated rings. The summed E-state index contributed by atoms with van der Waals surface area (Å²) in [5, 5.41) is 5.73. The van der Waals surface area contributed by atoms with Crippen LogP contribution in [0.1, 0.15) is 26.7 Å². The van der Waals surface area contributed by atoms with Crippen molar-refractivity contribution in [3.63, 3.8) is 0 Å². The third-order valence-corrected chi connectivity index (χ3v) is 6.07. The third kappa shape index (κ3) is 5.33. The molecule has 0 aromatic heterocycles. The minimum Gasteiger partial charge on any atom is -0.492 e. The van der Waals surface area contributed by atoms with Crippen LogP contribution in [0.15, 0.2) is 23.1 Å². The fraction of sp³-hybridized carbons (Fsp3) is 0.588. The van der Waals surface area contributed by atoms with Crippen molar-refractivity contribution in [2.45, 2.75) is 31.6 Å². The van der Waals surface area contributed by atoms with Gasteiger partial charge in [-0.05, 0) is 45.0 Å². The highest BCUT2D eigenvalue weighted by Crippen LogP contribution is 2.31. The SMILES string of the molecule is CCOc1ccc(NC(=O)C(C)CNC)cc1S(=O)(=O)N1CCCC1.Cl. The van der Waals surface area contributed by atoms with E-state index in [1.807, 2.05) is 6.92 Å². The number of halogens is 1. The van der Waals surface area contributed by atoms with Crippen LogP contribution in [0.5, 0.6) is 5.75 Å². The van der Waals surface area contributed by atoms with Crippen molar-refractivity contribution in [3.8, 4) is 5.75 Å². The van der Waals surface area contributed by atoms with Crippen molar-refractivity contribution in [2.75, 3.05) is 38.6 Å². The molecule has 1 heterocycles. The standard InChI is InChI=1S/C17H27N3O4S.ClH/c1-4-24-15-8-7-14(19-17(21)13(2)12-18-3)11-16(15)25(22,23)20-9-5-6-10-20;/h7-8,11,13,18H,4-6,9-10,12H2,1-3H3,(H,19,21);1H. The fourth-order valence-electron chi connectivity index (χ4n) is 2.79. The summed E-state index contributed by atoms with van der Waals surface area (Å²) in [4.78, 5) is 12.3. The lowest BCUT2D eigenvalue weighted by Crippen LogP contribution is -2.29. The summed E-state index contributed by atoms with van der Waals surface area (Å²) in [5.41, 5.74) is 0.453. The molecule has 1 aliphatic rings. The van der Waals surface area contributed by atoms with Gasteiger partial charge in [0.1, 0.15) is 10.6 Å². The Bertz CT molecular complexity index is 706. The molecule has 9 heteroatoms.